The number of hydrogen-bond acceptors (Lipinski definition) is 2. The number of rotatable bonds is 7. The third-order valence-electron chi connectivity index (χ3n) is 4.34. The van der Waals surface area contributed by atoms with Gasteiger partial charge in [-0.1, -0.05) is 26.2 Å². The Labute approximate surface area is 108 Å². The molecule has 1 rings (SSSR count). The Morgan fingerprint density at radius 2 is 1.88 bits per heavy atom. The summed E-state index contributed by atoms with van der Waals surface area (Å²) in [6.45, 7) is 7.72. The molecule has 0 aromatic rings. The van der Waals surface area contributed by atoms with Crippen LogP contribution in [0.5, 0.6) is 0 Å². The normalized spacial score (nSPS) is 20.5. The Balaban J connectivity index is 2.26. The first-order valence-electron chi connectivity index (χ1n) is 7.37. The molecular formula is C15H31NO. The molecule has 1 aliphatic rings. The molecule has 2 nitrogen and oxygen atoms in total. The summed E-state index contributed by atoms with van der Waals surface area (Å²) in [5.41, 5.74) is 0.0118. The summed E-state index contributed by atoms with van der Waals surface area (Å²) < 4.78 is 5.46. The quantitative estimate of drug-likeness (QED) is 0.733. The van der Waals surface area contributed by atoms with Gasteiger partial charge in [0, 0.05) is 13.2 Å². The van der Waals surface area contributed by atoms with E-state index in [9.17, 15) is 0 Å². The number of ether oxygens (including phenoxy) is 1. The van der Waals surface area contributed by atoms with E-state index in [2.05, 4.69) is 26.1 Å². The van der Waals surface area contributed by atoms with Gasteiger partial charge in [0.25, 0.3) is 0 Å². The summed E-state index contributed by atoms with van der Waals surface area (Å²) in [5.74, 6) is 0.916. The van der Waals surface area contributed by atoms with E-state index in [1.807, 2.05) is 0 Å². The molecule has 0 saturated heterocycles. The smallest absolute Gasteiger partial charge is 0.0634 e. The monoisotopic (exact) mass is 241 g/mol. The summed E-state index contributed by atoms with van der Waals surface area (Å²) in [6, 6.07) is 0.725. The van der Waals surface area contributed by atoms with E-state index in [-0.39, 0.29) is 5.60 Å². The molecular weight excluding hydrogens is 210 g/mol. The van der Waals surface area contributed by atoms with Crippen molar-refractivity contribution in [1.29, 1.82) is 0 Å². The molecule has 0 aromatic carbocycles. The van der Waals surface area contributed by atoms with Crippen molar-refractivity contribution in [3.63, 3.8) is 0 Å². The molecule has 17 heavy (non-hydrogen) atoms. The van der Waals surface area contributed by atoms with Crippen LogP contribution in [0.2, 0.25) is 0 Å². The van der Waals surface area contributed by atoms with E-state index in [0.29, 0.717) is 0 Å². The third-order valence-corrected chi connectivity index (χ3v) is 4.34. The highest BCUT2D eigenvalue weighted by atomic mass is 16.5. The van der Waals surface area contributed by atoms with Crippen LogP contribution in [0.25, 0.3) is 0 Å². The van der Waals surface area contributed by atoms with Gasteiger partial charge in [0.15, 0.2) is 0 Å². The highest BCUT2D eigenvalue weighted by Gasteiger charge is 2.23. The lowest BCUT2D eigenvalue weighted by molar-refractivity contribution is 0.0147. The highest BCUT2D eigenvalue weighted by molar-refractivity contribution is 4.79. The average Bonchev–Trinajstić information content (AvgIpc) is 2.36. The maximum absolute atomic E-state index is 5.46. The summed E-state index contributed by atoms with van der Waals surface area (Å²) in [7, 11) is 1.80. The topological polar surface area (TPSA) is 21.3 Å². The third kappa shape index (κ3) is 5.39. The van der Waals surface area contributed by atoms with E-state index in [0.717, 1.165) is 24.9 Å². The molecule has 1 atom stereocenters. The summed E-state index contributed by atoms with van der Waals surface area (Å²) >= 11 is 0. The van der Waals surface area contributed by atoms with Crippen molar-refractivity contribution in [1.82, 2.24) is 5.32 Å². The molecule has 2 heteroatoms. The Kier molecular flexibility index (Phi) is 6.50. The average molecular weight is 241 g/mol. The molecule has 1 N–H and O–H groups in total. The Hall–Kier alpha value is -0.0800. The second-order valence-electron chi connectivity index (χ2n) is 6.08. The van der Waals surface area contributed by atoms with Crippen molar-refractivity contribution in [3.05, 3.63) is 0 Å². The van der Waals surface area contributed by atoms with Gasteiger partial charge in [-0.15, -0.1) is 0 Å². The second kappa shape index (κ2) is 7.38. The number of methoxy groups -OCH3 is 1. The molecule has 0 bridgehead atoms. The fraction of sp³-hybridized carbons (Fsp3) is 1.00. The minimum Gasteiger partial charge on any atom is -0.379 e. The summed E-state index contributed by atoms with van der Waals surface area (Å²) in [5, 5.41) is 3.75. The first-order valence-corrected chi connectivity index (χ1v) is 7.37. The molecule has 1 aliphatic carbocycles. The molecule has 0 radical (unpaired) electrons. The fourth-order valence-corrected chi connectivity index (χ4v) is 2.84. The molecule has 1 saturated carbocycles. The van der Waals surface area contributed by atoms with Gasteiger partial charge in [0.1, 0.15) is 0 Å². The molecule has 0 aromatic heterocycles. The Bertz CT molecular complexity index is 197. The first kappa shape index (κ1) is 15.0. The van der Waals surface area contributed by atoms with E-state index >= 15 is 0 Å². The molecule has 0 heterocycles. The van der Waals surface area contributed by atoms with Crippen LogP contribution in [-0.4, -0.2) is 25.3 Å². The van der Waals surface area contributed by atoms with Gasteiger partial charge >= 0.3 is 0 Å². The van der Waals surface area contributed by atoms with Gasteiger partial charge in [-0.2, -0.15) is 0 Å². The maximum atomic E-state index is 5.46. The van der Waals surface area contributed by atoms with E-state index in [1.54, 1.807) is 7.11 Å². The van der Waals surface area contributed by atoms with E-state index in [1.165, 1.54) is 38.5 Å². The second-order valence-corrected chi connectivity index (χ2v) is 6.08. The van der Waals surface area contributed by atoms with Crippen LogP contribution in [0.15, 0.2) is 0 Å². The van der Waals surface area contributed by atoms with Crippen molar-refractivity contribution < 1.29 is 4.74 Å². The first-order chi connectivity index (χ1) is 8.09. The predicted octanol–water partition coefficient (Wildman–Crippen LogP) is 3.75. The summed E-state index contributed by atoms with van der Waals surface area (Å²) in [6.07, 6.45) is 9.53. The van der Waals surface area contributed by atoms with Crippen LogP contribution in [0.4, 0.5) is 0 Å². The lowest BCUT2D eigenvalue weighted by Crippen LogP contribution is -2.39. The zero-order chi connectivity index (χ0) is 12.7. The van der Waals surface area contributed by atoms with Crippen LogP contribution in [0, 0.1) is 5.92 Å². The maximum Gasteiger partial charge on any atom is 0.0634 e. The minimum atomic E-state index is 0.0118. The van der Waals surface area contributed by atoms with Crippen molar-refractivity contribution in [2.45, 2.75) is 77.4 Å². The number of hydrogen-bond donors (Lipinski definition) is 1. The zero-order valence-electron chi connectivity index (χ0n) is 12.2. The molecule has 0 amide bonds. The van der Waals surface area contributed by atoms with Gasteiger partial charge in [-0.3, -0.25) is 0 Å². The van der Waals surface area contributed by atoms with Crippen LogP contribution in [0.1, 0.15) is 65.7 Å². The SMILES string of the molecule is CCC(NCCC(C)(C)OC)C1CCCCC1. The minimum absolute atomic E-state index is 0.0118. The van der Waals surface area contributed by atoms with Crippen molar-refractivity contribution >= 4 is 0 Å². The van der Waals surface area contributed by atoms with Crippen LogP contribution in [0.3, 0.4) is 0 Å². The predicted molar refractivity (Wildman–Crippen MR) is 74.4 cm³/mol. The van der Waals surface area contributed by atoms with Gasteiger partial charge < -0.3 is 10.1 Å². The van der Waals surface area contributed by atoms with Gasteiger partial charge in [0.05, 0.1) is 5.60 Å². The lowest BCUT2D eigenvalue weighted by atomic mass is 9.83. The Morgan fingerprint density at radius 3 is 2.41 bits per heavy atom. The molecule has 0 spiro atoms. The zero-order valence-corrected chi connectivity index (χ0v) is 12.2. The fourth-order valence-electron chi connectivity index (χ4n) is 2.84. The van der Waals surface area contributed by atoms with Gasteiger partial charge in [0.2, 0.25) is 0 Å². The Morgan fingerprint density at radius 1 is 1.24 bits per heavy atom. The van der Waals surface area contributed by atoms with E-state index < -0.39 is 0 Å². The summed E-state index contributed by atoms with van der Waals surface area (Å²) in [4.78, 5) is 0. The van der Waals surface area contributed by atoms with Gasteiger partial charge in [-0.25, -0.2) is 0 Å². The van der Waals surface area contributed by atoms with Gasteiger partial charge in [-0.05, 0) is 52.0 Å². The van der Waals surface area contributed by atoms with Crippen molar-refractivity contribution in [2.75, 3.05) is 13.7 Å². The van der Waals surface area contributed by atoms with Crippen molar-refractivity contribution in [2.24, 2.45) is 5.92 Å². The van der Waals surface area contributed by atoms with Crippen LogP contribution < -0.4 is 5.32 Å². The molecule has 102 valence electrons. The van der Waals surface area contributed by atoms with Crippen LogP contribution in [-0.2, 0) is 4.74 Å². The highest BCUT2D eigenvalue weighted by Crippen LogP contribution is 2.27. The largest absolute Gasteiger partial charge is 0.379 e. The molecule has 0 aliphatic heterocycles. The van der Waals surface area contributed by atoms with Crippen molar-refractivity contribution in [3.8, 4) is 0 Å². The van der Waals surface area contributed by atoms with Crippen LogP contribution >= 0.6 is 0 Å². The number of nitrogens with one attached hydrogen (secondary N) is 1. The molecule has 1 fully saturated rings. The standard InChI is InChI=1S/C15H31NO/c1-5-14(13-9-7-6-8-10-13)16-12-11-15(2,3)17-4/h13-14,16H,5-12H2,1-4H3. The lowest BCUT2D eigenvalue weighted by Gasteiger charge is -2.31. The molecule has 1 unspecified atom stereocenters. The van der Waals surface area contributed by atoms with E-state index in [4.69, 9.17) is 4.74 Å².